The van der Waals surface area contributed by atoms with Crippen LogP contribution in [0.15, 0.2) is 59.5 Å². The Morgan fingerprint density at radius 3 is 2.45 bits per heavy atom. The number of carbonyl (C=O) groups is 1. The lowest BCUT2D eigenvalue weighted by Gasteiger charge is -2.43. The van der Waals surface area contributed by atoms with Crippen molar-refractivity contribution >= 4 is 26.6 Å². The van der Waals surface area contributed by atoms with E-state index in [1.54, 1.807) is 12.1 Å². The predicted molar refractivity (Wildman–Crippen MR) is 122 cm³/mol. The minimum atomic E-state index is -3.70. The topological polar surface area (TPSA) is 82.1 Å². The van der Waals surface area contributed by atoms with Gasteiger partial charge < -0.3 is 14.2 Å². The molecule has 1 spiro atoms. The van der Waals surface area contributed by atoms with Crippen LogP contribution in [0, 0.1) is 0 Å². The Morgan fingerprint density at radius 2 is 1.64 bits per heavy atom. The van der Waals surface area contributed by atoms with Gasteiger partial charge in [0.25, 0.3) is 0 Å². The van der Waals surface area contributed by atoms with Crippen LogP contribution >= 0.6 is 0 Å². The largest absolute Gasteiger partial charge is 0.486 e. The second-order valence-electron chi connectivity index (χ2n) is 8.76. The number of piperidine rings is 1. The lowest BCUT2D eigenvalue weighted by Crippen LogP contribution is -2.52. The Hall–Kier alpha value is -3.10. The molecule has 6 rings (SSSR count). The van der Waals surface area contributed by atoms with Crippen LogP contribution < -0.4 is 14.2 Å². The highest BCUT2D eigenvalue weighted by molar-refractivity contribution is 7.89. The number of fused-ring (bicyclic) bond motifs is 4. The Balaban J connectivity index is 1.26. The third-order valence-electron chi connectivity index (χ3n) is 6.77. The van der Waals surface area contributed by atoms with Gasteiger partial charge >= 0.3 is 0 Å². The highest BCUT2D eigenvalue weighted by Crippen LogP contribution is 2.43. The van der Waals surface area contributed by atoms with Gasteiger partial charge in [0.2, 0.25) is 10.0 Å². The van der Waals surface area contributed by atoms with Crippen LogP contribution in [-0.2, 0) is 10.0 Å². The maximum Gasteiger partial charge on any atom is 0.243 e. The molecule has 3 aliphatic rings. The van der Waals surface area contributed by atoms with Crippen molar-refractivity contribution in [2.24, 2.45) is 0 Å². The molecule has 170 valence electrons. The van der Waals surface area contributed by atoms with Crippen molar-refractivity contribution in [2.75, 3.05) is 26.3 Å². The van der Waals surface area contributed by atoms with E-state index in [4.69, 9.17) is 14.2 Å². The van der Waals surface area contributed by atoms with E-state index in [-0.39, 0.29) is 30.2 Å². The smallest absolute Gasteiger partial charge is 0.243 e. The zero-order chi connectivity index (χ0) is 22.6. The first-order chi connectivity index (χ1) is 16.0. The summed E-state index contributed by atoms with van der Waals surface area (Å²) in [6.45, 7) is 1.41. The molecule has 3 aromatic carbocycles. The van der Waals surface area contributed by atoms with Crippen molar-refractivity contribution in [1.29, 1.82) is 0 Å². The van der Waals surface area contributed by atoms with Gasteiger partial charge in [0.1, 0.15) is 24.6 Å². The molecule has 0 saturated carbocycles. The van der Waals surface area contributed by atoms with Crippen LogP contribution in [0.1, 0.15) is 29.6 Å². The van der Waals surface area contributed by atoms with Crippen LogP contribution in [-0.4, -0.2) is 50.4 Å². The summed E-state index contributed by atoms with van der Waals surface area (Å²) in [7, 11) is -3.70. The SMILES string of the molecule is O=C1CC2(CCN(S(=O)(=O)c3ccc4c(c3)OCCO4)CC2)Oc2c1ccc1ccccc21. The average molecular weight is 466 g/mol. The lowest BCUT2D eigenvalue weighted by atomic mass is 9.82. The highest BCUT2D eigenvalue weighted by atomic mass is 32.2. The fourth-order valence-corrected chi connectivity index (χ4v) is 6.42. The first-order valence-electron chi connectivity index (χ1n) is 11.1. The summed E-state index contributed by atoms with van der Waals surface area (Å²) in [5.41, 5.74) is -0.0850. The normalized spacial score (nSPS) is 19.8. The van der Waals surface area contributed by atoms with Gasteiger partial charge in [-0.05, 0) is 23.6 Å². The number of benzene rings is 3. The van der Waals surface area contributed by atoms with Crippen molar-refractivity contribution in [3.05, 3.63) is 60.2 Å². The van der Waals surface area contributed by atoms with Gasteiger partial charge in [0, 0.05) is 37.4 Å². The quantitative estimate of drug-likeness (QED) is 0.573. The number of Topliss-reactive ketones (excluding diaryl/α,β-unsaturated/α-hetero) is 1. The van der Waals surface area contributed by atoms with Gasteiger partial charge in [0.15, 0.2) is 17.3 Å². The molecule has 0 atom stereocenters. The van der Waals surface area contributed by atoms with Gasteiger partial charge in [-0.25, -0.2) is 8.42 Å². The van der Waals surface area contributed by atoms with E-state index in [2.05, 4.69) is 0 Å². The molecule has 7 nitrogen and oxygen atoms in total. The summed E-state index contributed by atoms with van der Waals surface area (Å²) in [5, 5.41) is 1.92. The summed E-state index contributed by atoms with van der Waals surface area (Å²) in [6.07, 6.45) is 1.16. The Kier molecular flexibility index (Phi) is 4.64. The number of ketones is 1. The molecule has 3 heterocycles. The van der Waals surface area contributed by atoms with Crippen LogP contribution in [0.5, 0.6) is 17.2 Å². The first-order valence-corrected chi connectivity index (χ1v) is 12.5. The number of ether oxygens (including phenoxy) is 3. The summed E-state index contributed by atoms with van der Waals surface area (Å²) < 4.78 is 45.6. The minimum Gasteiger partial charge on any atom is -0.486 e. The molecule has 0 aromatic heterocycles. The Morgan fingerprint density at radius 1 is 0.879 bits per heavy atom. The zero-order valence-corrected chi connectivity index (χ0v) is 18.8. The number of rotatable bonds is 2. The van der Waals surface area contributed by atoms with Crippen molar-refractivity contribution in [3.63, 3.8) is 0 Å². The minimum absolute atomic E-state index is 0.0464. The molecule has 0 unspecified atom stereocenters. The van der Waals surface area contributed by atoms with E-state index in [0.717, 1.165) is 10.8 Å². The number of hydrogen-bond acceptors (Lipinski definition) is 6. The van der Waals surface area contributed by atoms with Crippen LogP contribution in [0.3, 0.4) is 0 Å². The number of sulfonamides is 1. The monoisotopic (exact) mass is 465 g/mol. The van der Waals surface area contributed by atoms with E-state index in [1.165, 1.54) is 10.4 Å². The fraction of sp³-hybridized carbons (Fsp3) is 0.320. The van der Waals surface area contributed by atoms with E-state index in [1.807, 2.05) is 36.4 Å². The van der Waals surface area contributed by atoms with Crippen LogP contribution in [0.4, 0.5) is 0 Å². The molecule has 8 heteroatoms. The summed E-state index contributed by atoms with van der Waals surface area (Å²) in [4.78, 5) is 13.2. The maximum absolute atomic E-state index is 13.3. The zero-order valence-electron chi connectivity index (χ0n) is 18.0. The van der Waals surface area contributed by atoms with E-state index in [9.17, 15) is 13.2 Å². The molecule has 1 saturated heterocycles. The Bertz CT molecular complexity index is 1370. The predicted octanol–water partition coefficient (Wildman–Crippen LogP) is 3.80. The van der Waals surface area contributed by atoms with Gasteiger partial charge in [-0.1, -0.05) is 30.3 Å². The maximum atomic E-state index is 13.3. The van der Waals surface area contributed by atoms with Gasteiger partial charge in [-0.15, -0.1) is 0 Å². The number of nitrogens with zero attached hydrogens (tertiary/aromatic N) is 1. The molecular formula is C25H23NO6S. The average Bonchev–Trinajstić information content (AvgIpc) is 2.84. The van der Waals surface area contributed by atoms with E-state index < -0.39 is 15.6 Å². The first kappa shape index (κ1) is 20.5. The molecule has 3 aromatic rings. The van der Waals surface area contributed by atoms with Crippen molar-refractivity contribution in [3.8, 4) is 17.2 Å². The molecular weight excluding hydrogens is 442 g/mol. The number of hydrogen-bond donors (Lipinski definition) is 0. The molecule has 0 N–H and O–H groups in total. The van der Waals surface area contributed by atoms with Crippen LogP contribution in [0.25, 0.3) is 10.8 Å². The van der Waals surface area contributed by atoms with Gasteiger partial charge in [0.05, 0.1) is 16.9 Å². The summed E-state index contributed by atoms with van der Waals surface area (Å²) in [5.74, 6) is 1.66. The Labute approximate surface area is 191 Å². The highest BCUT2D eigenvalue weighted by Gasteiger charge is 2.45. The van der Waals surface area contributed by atoms with Crippen molar-refractivity contribution < 1.29 is 27.4 Å². The second kappa shape index (κ2) is 7.46. The molecule has 1 fully saturated rings. The molecule has 0 radical (unpaired) electrons. The summed E-state index contributed by atoms with van der Waals surface area (Å²) >= 11 is 0. The van der Waals surface area contributed by atoms with Crippen molar-refractivity contribution in [1.82, 2.24) is 4.31 Å². The lowest BCUT2D eigenvalue weighted by molar-refractivity contribution is 0.00714. The van der Waals surface area contributed by atoms with Crippen molar-refractivity contribution in [2.45, 2.75) is 29.8 Å². The fourth-order valence-electron chi connectivity index (χ4n) is 4.96. The third-order valence-corrected chi connectivity index (χ3v) is 8.66. The molecule has 0 bridgehead atoms. The second-order valence-corrected chi connectivity index (χ2v) is 10.7. The van der Waals surface area contributed by atoms with E-state index >= 15 is 0 Å². The molecule has 0 amide bonds. The van der Waals surface area contributed by atoms with Gasteiger partial charge in [-0.3, -0.25) is 4.79 Å². The molecule has 0 aliphatic carbocycles. The molecule has 33 heavy (non-hydrogen) atoms. The summed E-state index contributed by atoms with van der Waals surface area (Å²) in [6, 6.07) is 16.3. The van der Waals surface area contributed by atoms with E-state index in [0.29, 0.717) is 48.9 Å². The number of carbonyl (C=O) groups excluding carboxylic acids is 1. The van der Waals surface area contributed by atoms with Gasteiger partial charge in [-0.2, -0.15) is 4.31 Å². The van der Waals surface area contributed by atoms with Crippen LogP contribution in [0.2, 0.25) is 0 Å². The third kappa shape index (κ3) is 3.36. The standard InChI is InChI=1S/C25H23NO6S/c27-21-16-25(32-24-19-4-2-1-3-17(19)5-7-20(21)24)9-11-26(12-10-25)33(28,29)18-6-8-22-23(15-18)31-14-13-30-22/h1-8,15H,9-14,16H2. The molecule has 3 aliphatic heterocycles.